The molecule has 3 amide bonds. The van der Waals surface area contributed by atoms with Crippen LogP contribution >= 0.6 is 0 Å². The molecule has 2 unspecified atom stereocenters. The minimum Gasteiger partial charge on any atom is -0.394 e. The Morgan fingerprint density at radius 1 is 0.900 bits per heavy atom. The normalized spacial score (nSPS) is 18.6. The molecular weight excluding hydrogens is 540 g/mol. The second kappa shape index (κ2) is 10.9. The summed E-state index contributed by atoms with van der Waals surface area (Å²) in [4.78, 5) is 29.6. The van der Waals surface area contributed by atoms with E-state index < -0.39 is 58.0 Å². The molecule has 0 saturated carbocycles. The highest BCUT2D eigenvalue weighted by Crippen LogP contribution is 2.40. The number of hydrogen-bond acceptors (Lipinski definition) is 3. The maximum Gasteiger partial charge on any atom is 0.416 e. The van der Waals surface area contributed by atoms with Gasteiger partial charge in [-0.05, 0) is 57.0 Å². The van der Waals surface area contributed by atoms with Crippen molar-refractivity contribution in [1.29, 1.82) is 0 Å². The van der Waals surface area contributed by atoms with Crippen LogP contribution in [0.4, 0.5) is 31.1 Å². The third-order valence-corrected chi connectivity index (χ3v) is 7.31. The number of likely N-dealkylation sites (tertiary alicyclic amines) is 1. The van der Waals surface area contributed by atoms with Gasteiger partial charge in [0.1, 0.15) is 0 Å². The van der Waals surface area contributed by atoms with Gasteiger partial charge in [0, 0.05) is 26.1 Å². The minimum atomic E-state index is -5.05. The largest absolute Gasteiger partial charge is 0.416 e. The average Bonchev–Trinajstić information content (AvgIpc) is 3.32. The highest BCUT2D eigenvalue weighted by atomic mass is 19.4. The molecule has 220 valence electrons. The first kappa shape index (κ1) is 31.3. The third kappa shape index (κ3) is 6.71. The lowest BCUT2D eigenvalue weighted by Gasteiger charge is -2.36. The molecule has 40 heavy (non-hydrogen) atoms. The van der Waals surface area contributed by atoms with Crippen LogP contribution < -0.4 is 5.32 Å². The quantitative estimate of drug-likeness (QED) is 0.454. The third-order valence-electron chi connectivity index (χ3n) is 7.31. The van der Waals surface area contributed by atoms with Gasteiger partial charge in [-0.25, -0.2) is 4.79 Å². The van der Waals surface area contributed by atoms with E-state index in [9.17, 15) is 41.0 Å². The minimum absolute atomic E-state index is 0.0283. The second-order valence-electron chi connectivity index (χ2n) is 11.3. The van der Waals surface area contributed by atoms with Gasteiger partial charge in [-0.15, -0.1) is 0 Å². The molecule has 2 aromatic carbocycles. The molecule has 0 aliphatic carbocycles. The van der Waals surface area contributed by atoms with Crippen molar-refractivity contribution in [3.05, 3.63) is 70.8 Å². The molecular formula is C28H33F6N3O3. The summed E-state index contributed by atoms with van der Waals surface area (Å²) in [7, 11) is 1.43. The number of benzene rings is 2. The first-order valence-electron chi connectivity index (χ1n) is 12.6. The Bertz CT molecular complexity index is 1200. The molecule has 12 heteroatoms. The topological polar surface area (TPSA) is 72.9 Å². The number of amides is 3. The lowest BCUT2D eigenvalue weighted by Crippen LogP contribution is -2.52. The number of nitrogens with one attached hydrogen (secondary N) is 1. The van der Waals surface area contributed by atoms with Crippen molar-refractivity contribution in [1.82, 2.24) is 15.1 Å². The van der Waals surface area contributed by atoms with Gasteiger partial charge in [-0.2, -0.15) is 26.3 Å². The van der Waals surface area contributed by atoms with E-state index >= 15 is 0 Å². The number of halogens is 6. The number of aliphatic hydroxyl groups excluding tert-OH is 1. The van der Waals surface area contributed by atoms with Gasteiger partial charge < -0.3 is 20.2 Å². The molecule has 1 heterocycles. The molecule has 1 aliphatic rings. The molecule has 0 aromatic heterocycles. The van der Waals surface area contributed by atoms with E-state index in [2.05, 4.69) is 5.32 Å². The molecule has 0 spiro atoms. The van der Waals surface area contributed by atoms with Crippen LogP contribution in [0.5, 0.6) is 0 Å². The van der Waals surface area contributed by atoms with Crippen LogP contribution in [0.3, 0.4) is 0 Å². The summed E-state index contributed by atoms with van der Waals surface area (Å²) in [6.45, 7) is 5.76. The van der Waals surface area contributed by atoms with Gasteiger partial charge in [-0.1, -0.05) is 30.3 Å². The van der Waals surface area contributed by atoms with E-state index in [1.807, 2.05) is 12.1 Å². The van der Waals surface area contributed by atoms with Crippen LogP contribution in [0.2, 0.25) is 0 Å². The second-order valence-corrected chi connectivity index (χ2v) is 11.3. The number of aliphatic hydroxyl groups is 1. The molecule has 2 atom stereocenters. The zero-order valence-corrected chi connectivity index (χ0v) is 22.8. The summed E-state index contributed by atoms with van der Waals surface area (Å²) in [6.07, 6.45) is -10.1. The summed E-state index contributed by atoms with van der Waals surface area (Å²) < 4.78 is 81.1. The Morgan fingerprint density at radius 3 is 1.88 bits per heavy atom. The van der Waals surface area contributed by atoms with Crippen LogP contribution in [-0.2, 0) is 22.6 Å². The van der Waals surface area contributed by atoms with E-state index in [0.29, 0.717) is 12.1 Å². The average molecular weight is 574 g/mol. The van der Waals surface area contributed by atoms with E-state index in [1.54, 1.807) is 32.0 Å². The van der Waals surface area contributed by atoms with E-state index in [1.165, 1.54) is 30.7 Å². The lowest BCUT2D eigenvalue weighted by atomic mass is 9.80. The van der Waals surface area contributed by atoms with E-state index in [-0.39, 0.29) is 31.7 Å². The van der Waals surface area contributed by atoms with Crippen molar-refractivity contribution in [2.45, 2.75) is 63.0 Å². The number of nitrogens with zero attached hydrogens (tertiary/aromatic N) is 2. The summed E-state index contributed by atoms with van der Waals surface area (Å²) in [5.74, 6) is -1.09. The van der Waals surface area contributed by atoms with E-state index in [4.69, 9.17) is 0 Å². The standard InChI is InChI=1S/C28H33F6N3O3/c1-25(2,16-38)35-24(40)37-14-21(17-9-7-6-8-10-17)22(15-37)36(5)23(39)26(3,4)18-11-19(27(29,30)31)13-20(12-18)28(32,33)34/h6-13,21-22,38H,14-16H2,1-5H3,(H,35,40). The van der Waals surface area contributed by atoms with Crippen molar-refractivity contribution < 1.29 is 41.0 Å². The van der Waals surface area contributed by atoms with E-state index in [0.717, 1.165) is 5.56 Å². The van der Waals surface area contributed by atoms with Crippen LogP contribution in [0.25, 0.3) is 0 Å². The predicted molar refractivity (Wildman–Crippen MR) is 136 cm³/mol. The molecule has 2 aromatic rings. The highest BCUT2D eigenvalue weighted by Gasteiger charge is 2.45. The van der Waals surface area contributed by atoms with Crippen LogP contribution in [0, 0.1) is 0 Å². The summed E-state index contributed by atoms with van der Waals surface area (Å²) in [5, 5.41) is 12.3. The van der Waals surface area contributed by atoms with Crippen LogP contribution in [-0.4, -0.2) is 65.2 Å². The fourth-order valence-electron chi connectivity index (χ4n) is 4.81. The Labute approximate surface area is 229 Å². The van der Waals surface area contributed by atoms with Crippen molar-refractivity contribution in [2.24, 2.45) is 0 Å². The maximum absolute atomic E-state index is 13.8. The maximum atomic E-state index is 13.8. The van der Waals surface area contributed by atoms with Gasteiger partial charge in [0.2, 0.25) is 5.91 Å². The Morgan fingerprint density at radius 2 is 1.40 bits per heavy atom. The van der Waals surface area contributed by atoms with Crippen molar-refractivity contribution >= 4 is 11.9 Å². The van der Waals surface area contributed by atoms with Crippen molar-refractivity contribution in [3.8, 4) is 0 Å². The molecule has 1 aliphatic heterocycles. The first-order chi connectivity index (χ1) is 18.3. The van der Waals surface area contributed by atoms with Crippen molar-refractivity contribution in [3.63, 3.8) is 0 Å². The Hall–Kier alpha value is -3.28. The molecule has 6 nitrogen and oxygen atoms in total. The molecule has 3 rings (SSSR count). The fourth-order valence-corrected chi connectivity index (χ4v) is 4.81. The van der Waals surface area contributed by atoms with Gasteiger partial charge in [0.05, 0.1) is 34.7 Å². The van der Waals surface area contributed by atoms with Gasteiger partial charge in [0.15, 0.2) is 0 Å². The van der Waals surface area contributed by atoms with Crippen molar-refractivity contribution in [2.75, 3.05) is 26.7 Å². The van der Waals surface area contributed by atoms with Gasteiger partial charge in [0.25, 0.3) is 0 Å². The van der Waals surface area contributed by atoms with Crippen LogP contribution in [0.15, 0.2) is 48.5 Å². The Kier molecular flexibility index (Phi) is 8.55. The fraction of sp³-hybridized carbons (Fsp3) is 0.500. The zero-order valence-electron chi connectivity index (χ0n) is 22.8. The number of likely N-dealkylation sites (N-methyl/N-ethyl adjacent to an activating group) is 1. The number of alkyl halides is 6. The number of hydrogen-bond donors (Lipinski definition) is 2. The molecule has 0 radical (unpaired) electrons. The number of carbonyl (C=O) groups is 2. The number of carbonyl (C=O) groups excluding carboxylic acids is 2. The molecule has 1 saturated heterocycles. The number of urea groups is 1. The lowest BCUT2D eigenvalue weighted by molar-refractivity contribution is -0.144. The zero-order chi connectivity index (χ0) is 30.3. The predicted octanol–water partition coefficient (Wildman–Crippen LogP) is 5.41. The monoisotopic (exact) mass is 573 g/mol. The smallest absolute Gasteiger partial charge is 0.394 e. The number of rotatable bonds is 6. The SMILES string of the molecule is CN(C(=O)C(C)(C)c1cc(C(F)(F)F)cc(C(F)(F)F)c1)C1CN(C(=O)NC(C)(C)CO)CC1c1ccccc1. The van der Waals surface area contributed by atoms with Crippen LogP contribution in [0.1, 0.15) is 55.9 Å². The van der Waals surface area contributed by atoms with Gasteiger partial charge >= 0.3 is 18.4 Å². The molecule has 2 N–H and O–H groups in total. The molecule has 0 bridgehead atoms. The summed E-state index contributed by atoms with van der Waals surface area (Å²) in [6, 6.07) is 9.08. The van der Waals surface area contributed by atoms with Gasteiger partial charge in [-0.3, -0.25) is 4.79 Å². The first-order valence-corrected chi connectivity index (χ1v) is 12.6. The highest BCUT2D eigenvalue weighted by molar-refractivity contribution is 5.88. The summed E-state index contributed by atoms with van der Waals surface area (Å²) >= 11 is 0. The summed E-state index contributed by atoms with van der Waals surface area (Å²) in [5.41, 5.74) is -5.32. The Balaban J connectivity index is 1.99. The molecule has 1 fully saturated rings.